The maximum absolute atomic E-state index is 10.8. The summed E-state index contributed by atoms with van der Waals surface area (Å²) in [5, 5.41) is 40.6. The van der Waals surface area contributed by atoms with Gasteiger partial charge in [0.05, 0.1) is 20.9 Å². The van der Waals surface area contributed by atoms with Crippen LogP contribution in [-0.2, 0) is 0 Å². The zero-order valence-corrected chi connectivity index (χ0v) is 20.6. The predicted octanol–water partition coefficient (Wildman–Crippen LogP) is 6.82. The molecule has 2 N–H and O–H groups in total. The monoisotopic (exact) mass is 562 g/mol. The van der Waals surface area contributed by atoms with Gasteiger partial charge in [0.25, 0.3) is 11.4 Å². The molecule has 0 aliphatic carbocycles. The Morgan fingerprint density at radius 2 is 0.973 bits per heavy atom. The van der Waals surface area contributed by atoms with Gasteiger partial charge in [-0.15, -0.1) is 0 Å². The van der Waals surface area contributed by atoms with E-state index in [0.717, 1.165) is 15.6 Å². The molecule has 0 spiro atoms. The molecule has 0 unspecified atom stereocenters. The van der Waals surface area contributed by atoms with Gasteiger partial charge in [-0.25, -0.2) is 0 Å². The first kappa shape index (κ1) is 31.6. The molecule has 0 amide bonds. The Kier molecular flexibility index (Phi) is 13.3. The van der Waals surface area contributed by atoms with E-state index in [2.05, 4.69) is 0 Å². The maximum atomic E-state index is 10.8. The van der Waals surface area contributed by atoms with E-state index in [1.165, 1.54) is 30.3 Å². The van der Waals surface area contributed by atoms with Gasteiger partial charge in [-0.1, -0.05) is 84.7 Å². The van der Waals surface area contributed by atoms with Crippen LogP contribution in [0.5, 0.6) is 0 Å². The maximum Gasteiger partial charge on any atom is 0.495 e. The Labute approximate surface area is 229 Å². The number of nitro groups is 2. The van der Waals surface area contributed by atoms with Crippen molar-refractivity contribution in [1.82, 2.24) is 0 Å². The first-order valence-corrected chi connectivity index (χ1v) is 11.2. The van der Waals surface area contributed by atoms with E-state index in [-0.39, 0.29) is 29.2 Å². The molecule has 0 heterocycles. The zero-order valence-electron chi connectivity index (χ0n) is 18.4. The fourth-order valence-electron chi connectivity index (χ4n) is 2.81. The van der Waals surface area contributed by atoms with Crippen LogP contribution in [0.25, 0.3) is 11.1 Å². The molecule has 0 aliphatic rings. The van der Waals surface area contributed by atoms with Crippen LogP contribution < -0.4 is 5.46 Å². The number of rotatable bonds is 4. The predicted molar refractivity (Wildman–Crippen MR) is 150 cm³/mol. The van der Waals surface area contributed by atoms with Gasteiger partial charge >= 0.3 is 7.12 Å². The summed E-state index contributed by atoms with van der Waals surface area (Å²) in [6, 6.07) is 26.1. The van der Waals surface area contributed by atoms with E-state index in [0.29, 0.717) is 10.6 Å². The lowest BCUT2D eigenvalue weighted by molar-refractivity contribution is -0.384. The summed E-state index contributed by atoms with van der Waals surface area (Å²) in [6.07, 6.45) is 0. The average molecular weight is 564 g/mol. The smallest absolute Gasteiger partial charge is 0.423 e. The molecule has 0 saturated carbocycles. The second-order valence-corrected chi connectivity index (χ2v) is 8.22. The summed E-state index contributed by atoms with van der Waals surface area (Å²) in [7, 11) is -1.80. The zero-order chi connectivity index (χ0) is 26.7. The van der Waals surface area contributed by atoms with E-state index in [1.807, 2.05) is 0 Å². The number of nitro benzene ring substituents is 2. The van der Waals surface area contributed by atoms with Crippen molar-refractivity contribution in [2.75, 3.05) is 0 Å². The molecule has 0 aliphatic heterocycles. The van der Waals surface area contributed by atoms with Crippen molar-refractivity contribution < 1.29 is 19.9 Å². The van der Waals surface area contributed by atoms with Gasteiger partial charge < -0.3 is 10.0 Å². The largest absolute Gasteiger partial charge is 0.495 e. The molecule has 4 rings (SSSR count). The highest BCUT2D eigenvalue weighted by Gasteiger charge is 2.22. The fraction of sp³-hybridized carbons (Fsp3) is 0.0400. The normalized spacial score (nSPS) is 9.43. The number of benzene rings is 4. The molecule has 192 valence electrons. The molecule has 12 heteroatoms. The molecule has 0 atom stereocenters. The van der Waals surface area contributed by atoms with Crippen molar-refractivity contribution in [2.24, 2.45) is 0 Å². The van der Waals surface area contributed by atoms with Gasteiger partial charge in [0, 0.05) is 27.2 Å². The molecule has 0 radical (unpaired) electrons. The van der Waals surface area contributed by atoms with E-state index < -0.39 is 12.0 Å². The lowest BCUT2D eigenvalue weighted by atomic mass is 9.79. The summed E-state index contributed by atoms with van der Waals surface area (Å²) in [5.41, 5.74) is 1.11. The van der Waals surface area contributed by atoms with Crippen LogP contribution in [0.15, 0.2) is 97.1 Å². The van der Waals surface area contributed by atoms with E-state index >= 15 is 0 Å². The number of halogens is 3. The first-order valence-electron chi connectivity index (χ1n) is 10.1. The summed E-state index contributed by atoms with van der Waals surface area (Å²) < 4.78 is 0. The summed E-state index contributed by atoms with van der Waals surface area (Å²) in [5.74, 6) is 0. The second-order valence-electron chi connectivity index (χ2n) is 6.91. The van der Waals surface area contributed by atoms with E-state index in [9.17, 15) is 20.2 Å². The van der Waals surface area contributed by atoms with Crippen LogP contribution in [0.2, 0.25) is 15.1 Å². The highest BCUT2D eigenvalue weighted by atomic mass is 35.5. The molecule has 4 aromatic rings. The Hall–Kier alpha value is -3.47. The van der Waals surface area contributed by atoms with E-state index in [4.69, 9.17) is 44.9 Å². The molecule has 0 aromatic heterocycles. The average Bonchev–Trinajstić information content (AvgIpc) is 2.87. The minimum Gasteiger partial charge on any atom is -0.423 e. The third kappa shape index (κ3) is 10.2. The minimum atomic E-state index is -1.80. The summed E-state index contributed by atoms with van der Waals surface area (Å²) in [6.45, 7) is 0. The molecular formula is C25H22BCl3N2O6. The third-order valence-electron chi connectivity index (χ3n) is 4.47. The number of nitrogens with zero attached hydrogens (tertiary/aromatic N) is 2. The molecule has 8 nitrogen and oxygen atoms in total. The summed E-state index contributed by atoms with van der Waals surface area (Å²) in [4.78, 5) is 20.1. The lowest BCUT2D eigenvalue weighted by Gasteiger charge is -2.02. The van der Waals surface area contributed by atoms with Crippen molar-refractivity contribution >= 4 is 58.8 Å². The van der Waals surface area contributed by atoms with Gasteiger partial charge in [0.2, 0.25) is 0 Å². The van der Waals surface area contributed by atoms with Crippen molar-refractivity contribution in [1.29, 1.82) is 0 Å². The number of para-hydroxylation sites is 2. The van der Waals surface area contributed by atoms with Crippen molar-refractivity contribution in [2.45, 2.75) is 7.43 Å². The highest BCUT2D eigenvalue weighted by Crippen LogP contribution is 2.30. The number of hydrogen-bond acceptors (Lipinski definition) is 6. The molecular weight excluding hydrogens is 541 g/mol. The minimum absolute atomic E-state index is 0. The molecule has 0 fully saturated rings. The van der Waals surface area contributed by atoms with Gasteiger partial charge in [0.1, 0.15) is 0 Å². The standard InChI is InChI=1S/C12H8ClNO2.C6H6BNO4.C6H4Cl2.CH4/c13-10-7-5-9(6-8-10)11-3-1-2-4-12(11)14(15)16;9-7(10)5-3-1-2-4-6(5)8(11)12;7-5-1-2-6(8)4-3-5;/h1-8H;1-4,9-10H;1-4H;1H4. The van der Waals surface area contributed by atoms with Gasteiger partial charge in [-0.05, 0) is 48.0 Å². The van der Waals surface area contributed by atoms with Crippen LogP contribution >= 0.6 is 34.8 Å². The van der Waals surface area contributed by atoms with Gasteiger partial charge in [-0.2, -0.15) is 0 Å². The molecule has 0 bridgehead atoms. The quantitative estimate of drug-likeness (QED) is 0.159. The Morgan fingerprint density at radius 3 is 1.38 bits per heavy atom. The second kappa shape index (κ2) is 15.6. The van der Waals surface area contributed by atoms with Crippen molar-refractivity contribution in [3.8, 4) is 11.1 Å². The summed E-state index contributed by atoms with van der Waals surface area (Å²) >= 11 is 16.9. The fourth-order valence-corrected chi connectivity index (χ4v) is 3.19. The lowest BCUT2D eigenvalue weighted by Crippen LogP contribution is -2.31. The van der Waals surface area contributed by atoms with Crippen LogP contribution in [0.1, 0.15) is 7.43 Å². The topological polar surface area (TPSA) is 127 Å². The first-order chi connectivity index (χ1) is 17.1. The third-order valence-corrected chi connectivity index (χ3v) is 5.23. The van der Waals surface area contributed by atoms with Crippen molar-refractivity contribution in [3.63, 3.8) is 0 Å². The van der Waals surface area contributed by atoms with Crippen LogP contribution in [0.4, 0.5) is 11.4 Å². The van der Waals surface area contributed by atoms with Crippen LogP contribution in [0, 0.1) is 20.2 Å². The van der Waals surface area contributed by atoms with Crippen molar-refractivity contribution in [3.05, 3.63) is 132 Å². The van der Waals surface area contributed by atoms with Crippen LogP contribution in [0.3, 0.4) is 0 Å². The Balaban J connectivity index is 0.000000290. The van der Waals surface area contributed by atoms with Crippen LogP contribution in [-0.4, -0.2) is 27.0 Å². The Bertz CT molecular complexity index is 1290. The molecule has 4 aromatic carbocycles. The highest BCUT2D eigenvalue weighted by molar-refractivity contribution is 6.60. The van der Waals surface area contributed by atoms with E-state index in [1.54, 1.807) is 66.7 Å². The number of hydrogen-bond donors (Lipinski definition) is 2. The van der Waals surface area contributed by atoms with Gasteiger partial charge in [-0.3, -0.25) is 20.2 Å². The Morgan fingerprint density at radius 1 is 0.595 bits per heavy atom. The molecule has 0 saturated heterocycles. The molecule has 37 heavy (non-hydrogen) atoms. The van der Waals surface area contributed by atoms with Gasteiger partial charge in [0.15, 0.2) is 0 Å². The SMILES string of the molecule is C.Clc1ccc(Cl)cc1.O=[N+]([O-])c1ccccc1-c1ccc(Cl)cc1.O=[N+]([O-])c1ccccc1B(O)O.